The summed E-state index contributed by atoms with van der Waals surface area (Å²) < 4.78 is 43.9. The van der Waals surface area contributed by atoms with Gasteiger partial charge in [0, 0.05) is 11.6 Å². The monoisotopic (exact) mass is 615 g/mol. The van der Waals surface area contributed by atoms with Gasteiger partial charge in [-0.05, 0) is 84.6 Å². The maximum atomic E-state index is 13.1. The summed E-state index contributed by atoms with van der Waals surface area (Å²) in [7, 11) is -3.87. The molecule has 1 amide bonds. The van der Waals surface area contributed by atoms with Gasteiger partial charge < -0.3 is 14.2 Å². The molecule has 0 bridgehead atoms. The molecule has 0 unspecified atom stereocenters. The van der Waals surface area contributed by atoms with Gasteiger partial charge in [-0.1, -0.05) is 11.6 Å². The van der Waals surface area contributed by atoms with Crippen molar-refractivity contribution in [1.29, 1.82) is 0 Å². The van der Waals surface area contributed by atoms with Crippen molar-refractivity contribution < 1.29 is 32.2 Å². The van der Waals surface area contributed by atoms with Crippen molar-refractivity contribution in [2.24, 2.45) is 5.10 Å². The third-order valence-electron chi connectivity index (χ3n) is 5.29. The number of sulfonamides is 1. The number of nitrogens with one attached hydrogen (secondary N) is 1. The highest BCUT2D eigenvalue weighted by Crippen LogP contribution is 2.36. The number of benzene rings is 2. The molecular formula is C24H27BrClN3O7S. The summed E-state index contributed by atoms with van der Waals surface area (Å²) in [5, 5.41) is 4.42. The van der Waals surface area contributed by atoms with Crippen LogP contribution in [0.25, 0.3) is 0 Å². The Kier molecular flexibility index (Phi) is 10.3. The number of carbonyl (C=O) groups is 2. The van der Waals surface area contributed by atoms with Crippen molar-refractivity contribution in [3.05, 3.63) is 51.5 Å². The Morgan fingerprint density at radius 3 is 2.59 bits per heavy atom. The summed E-state index contributed by atoms with van der Waals surface area (Å²) in [5.74, 6) is -0.357. The minimum absolute atomic E-state index is 0.0682. The maximum Gasteiger partial charge on any atom is 0.344 e. The van der Waals surface area contributed by atoms with Gasteiger partial charge in [-0.2, -0.15) is 9.41 Å². The van der Waals surface area contributed by atoms with Gasteiger partial charge in [-0.3, -0.25) is 4.79 Å². The summed E-state index contributed by atoms with van der Waals surface area (Å²) in [5.41, 5.74) is 3.00. The van der Waals surface area contributed by atoms with Crippen LogP contribution in [0.5, 0.6) is 11.5 Å². The second kappa shape index (κ2) is 13.2. The third kappa shape index (κ3) is 7.44. The normalized spacial score (nSPS) is 16.1. The SMILES string of the molecule is CCOC(=O)COc1c(Br)cc(/C=N\NC(=O)[C@@H]2CCCN2S(=O)(=O)c2ccc(Cl)cc2)cc1OCC. The molecule has 200 valence electrons. The number of amides is 1. The van der Waals surface area contributed by atoms with Crippen molar-refractivity contribution in [1.82, 2.24) is 9.73 Å². The quantitative estimate of drug-likeness (QED) is 0.232. The standard InChI is InChI=1S/C24H27BrClN3O7S/c1-3-34-21-13-16(12-19(25)23(21)36-15-22(30)35-4-2)14-27-28-24(31)20-6-5-11-29(20)37(32,33)18-9-7-17(26)8-10-18/h7-10,12-14,20H,3-6,11,15H2,1-2H3,(H,28,31)/b27-14-/t20-/m0/s1. The number of hydrazone groups is 1. The van der Waals surface area contributed by atoms with Crippen LogP contribution >= 0.6 is 27.5 Å². The van der Waals surface area contributed by atoms with Gasteiger partial charge in [0.2, 0.25) is 10.0 Å². The number of halogens is 2. The molecule has 3 rings (SSSR count). The summed E-state index contributed by atoms with van der Waals surface area (Å²) in [6, 6.07) is 8.23. The van der Waals surface area contributed by atoms with Crippen LogP contribution in [0.3, 0.4) is 0 Å². The number of nitrogens with zero attached hydrogens (tertiary/aromatic N) is 2. The minimum Gasteiger partial charge on any atom is -0.490 e. The first-order valence-corrected chi connectivity index (χ1v) is 14.1. The van der Waals surface area contributed by atoms with Gasteiger partial charge in [-0.15, -0.1) is 0 Å². The van der Waals surface area contributed by atoms with Crippen LogP contribution in [0.15, 0.2) is 50.9 Å². The summed E-state index contributed by atoms with van der Waals surface area (Å²) in [4.78, 5) is 24.5. The first-order valence-electron chi connectivity index (χ1n) is 11.5. The van der Waals surface area contributed by atoms with Gasteiger partial charge in [0.15, 0.2) is 18.1 Å². The predicted molar refractivity (Wildman–Crippen MR) is 142 cm³/mol. The number of esters is 1. The molecule has 1 aliphatic rings. The molecule has 1 atom stereocenters. The Labute approximate surface area is 229 Å². The van der Waals surface area contributed by atoms with E-state index in [1.807, 2.05) is 0 Å². The molecule has 1 aliphatic heterocycles. The molecule has 10 nitrogen and oxygen atoms in total. The first kappa shape index (κ1) is 28.9. The highest BCUT2D eigenvalue weighted by molar-refractivity contribution is 9.10. The van der Waals surface area contributed by atoms with E-state index < -0.39 is 27.9 Å². The second-order valence-corrected chi connectivity index (χ2v) is 11.0. The van der Waals surface area contributed by atoms with Crippen molar-refractivity contribution in [2.75, 3.05) is 26.4 Å². The van der Waals surface area contributed by atoms with E-state index in [0.29, 0.717) is 46.0 Å². The number of hydrogen-bond acceptors (Lipinski definition) is 8. The minimum atomic E-state index is -3.87. The zero-order valence-corrected chi connectivity index (χ0v) is 23.4. The van der Waals surface area contributed by atoms with E-state index in [9.17, 15) is 18.0 Å². The summed E-state index contributed by atoms with van der Waals surface area (Å²) in [6.45, 7) is 4.04. The molecule has 37 heavy (non-hydrogen) atoms. The Balaban J connectivity index is 1.70. The molecule has 1 N–H and O–H groups in total. The van der Waals surface area contributed by atoms with Gasteiger partial charge in [0.05, 0.1) is 28.8 Å². The van der Waals surface area contributed by atoms with E-state index >= 15 is 0 Å². The highest BCUT2D eigenvalue weighted by Gasteiger charge is 2.39. The van der Waals surface area contributed by atoms with E-state index in [1.165, 1.54) is 34.8 Å². The van der Waals surface area contributed by atoms with Crippen molar-refractivity contribution >= 4 is 55.6 Å². The van der Waals surface area contributed by atoms with Gasteiger partial charge >= 0.3 is 5.97 Å². The average Bonchev–Trinajstić information content (AvgIpc) is 3.35. The Bertz CT molecular complexity index is 1260. The number of ether oxygens (including phenoxy) is 3. The first-order chi connectivity index (χ1) is 17.7. The van der Waals surface area contributed by atoms with Crippen LogP contribution in [0.2, 0.25) is 5.02 Å². The fourth-order valence-electron chi connectivity index (χ4n) is 3.68. The van der Waals surface area contributed by atoms with Gasteiger partial charge in [0.25, 0.3) is 5.91 Å². The maximum absolute atomic E-state index is 13.1. The molecule has 0 saturated carbocycles. The van der Waals surface area contributed by atoms with Crippen molar-refractivity contribution in [3.8, 4) is 11.5 Å². The topological polar surface area (TPSA) is 124 Å². The third-order valence-corrected chi connectivity index (χ3v) is 8.05. The fourth-order valence-corrected chi connectivity index (χ4v) is 6.03. The molecule has 1 heterocycles. The predicted octanol–water partition coefficient (Wildman–Crippen LogP) is 3.75. The molecular weight excluding hydrogens is 590 g/mol. The Hall–Kier alpha value is -2.67. The van der Waals surface area contributed by atoms with Gasteiger partial charge in [-0.25, -0.2) is 18.6 Å². The fraction of sp³-hybridized carbons (Fsp3) is 0.375. The lowest BCUT2D eigenvalue weighted by Gasteiger charge is -2.22. The van der Waals surface area contributed by atoms with Crippen LogP contribution < -0.4 is 14.9 Å². The second-order valence-electron chi connectivity index (χ2n) is 7.82. The van der Waals surface area contributed by atoms with Crippen LogP contribution in [-0.4, -0.2) is 63.2 Å². The Morgan fingerprint density at radius 2 is 1.92 bits per heavy atom. The van der Waals surface area contributed by atoms with Crippen LogP contribution in [0.1, 0.15) is 32.3 Å². The van der Waals surface area contributed by atoms with Crippen LogP contribution in [-0.2, 0) is 24.3 Å². The number of hydrogen-bond donors (Lipinski definition) is 1. The van der Waals surface area contributed by atoms with E-state index in [2.05, 4.69) is 26.5 Å². The molecule has 0 radical (unpaired) electrons. The molecule has 1 fully saturated rings. The molecule has 1 saturated heterocycles. The van der Waals surface area contributed by atoms with Crippen LogP contribution in [0, 0.1) is 0 Å². The van der Waals surface area contributed by atoms with E-state index in [1.54, 1.807) is 26.0 Å². The zero-order chi connectivity index (χ0) is 27.0. The molecule has 2 aromatic rings. The lowest BCUT2D eigenvalue weighted by atomic mass is 10.2. The highest BCUT2D eigenvalue weighted by atomic mass is 79.9. The largest absolute Gasteiger partial charge is 0.490 e. The summed E-state index contributed by atoms with van der Waals surface area (Å²) >= 11 is 9.27. The van der Waals surface area contributed by atoms with Crippen molar-refractivity contribution in [2.45, 2.75) is 37.6 Å². The lowest BCUT2D eigenvalue weighted by Crippen LogP contribution is -2.44. The van der Waals surface area contributed by atoms with Gasteiger partial charge in [0.1, 0.15) is 6.04 Å². The van der Waals surface area contributed by atoms with E-state index in [-0.39, 0.29) is 24.7 Å². The van der Waals surface area contributed by atoms with E-state index in [0.717, 1.165) is 0 Å². The van der Waals surface area contributed by atoms with Crippen LogP contribution in [0.4, 0.5) is 0 Å². The summed E-state index contributed by atoms with van der Waals surface area (Å²) in [6.07, 6.45) is 2.32. The van der Waals surface area contributed by atoms with E-state index in [4.69, 9.17) is 25.8 Å². The molecule has 2 aromatic carbocycles. The molecule has 0 aromatic heterocycles. The molecule has 0 spiro atoms. The van der Waals surface area contributed by atoms with Crippen molar-refractivity contribution in [3.63, 3.8) is 0 Å². The number of rotatable bonds is 11. The average molecular weight is 617 g/mol. The lowest BCUT2D eigenvalue weighted by molar-refractivity contribution is -0.145. The Morgan fingerprint density at radius 1 is 1.19 bits per heavy atom. The number of carbonyl (C=O) groups excluding carboxylic acids is 2. The molecule has 0 aliphatic carbocycles. The molecule has 13 heteroatoms. The smallest absolute Gasteiger partial charge is 0.344 e. The zero-order valence-electron chi connectivity index (χ0n) is 20.3.